The molecule has 4 rings (SSSR count). The first-order chi connectivity index (χ1) is 12.9. The molecule has 1 heterocycles. The van der Waals surface area contributed by atoms with Crippen LogP contribution in [-0.2, 0) is 0 Å². The molecule has 0 aromatic heterocycles. The van der Waals surface area contributed by atoms with Crippen LogP contribution in [-0.4, -0.2) is 52.3 Å². The number of allylic oxidation sites excluding steroid dienone is 4. The number of fused-ring (bicyclic) bond motifs is 2. The van der Waals surface area contributed by atoms with Gasteiger partial charge < -0.3 is 4.90 Å². The molecule has 1 unspecified atom stereocenters. The highest BCUT2D eigenvalue weighted by molar-refractivity contribution is 7.10. The first kappa shape index (κ1) is 17.7. The van der Waals surface area contributed by atoms with Gasteiger partial charge in [-0.2, -0.15) is 0 Å². The first-order valence-corrected chi connectivity index (χ1v) is 11.8. The zero-order valence-corrected chi connectivity index (χ0v) is 17.7. The van der Waals surface area contributed by atoms with Crippen LogP contribution in [0, 0.1) is 0 Å². The maximum atomic E-state index is 5.03. The predicted molar refractivity (Wildman–Crippen MR) is 120 cm³/mol. The molecule has 2 aromatic carbocycles. The smallest absolute Gasteiger partial charge is 0.199 e. The fourth-order valence-corrected chi connectivity index (χ4v) is 7.91. The minimum absolute atomic E-state index is 1.11. The van der Waals surface area contributed by atoms with E-state index < -0.39 is 8.07 Å². The monoisotopic (exact) mass is 372 g/mol. The summed E-state index contributed by atoms with van der Waals surface area (Å²) < 4.78 is 2.17. The summed E-state index contributed by atoms with van der Waals surface area (Å²) in [5.41, 5.74) is 4.68. The third-order valence-electron chi connectivity index (χ3n) is 5.66. The largest absolute Gasteiger partial charge is 0.378 e. The number of benzene rings is 2. The van der Waals surface area contributed by atoms with Crippen molar-refractivity contribution in [2.45, 2.75) is 6.55 Å². The Bertz CT molecular complexity index is 1020. The SMILES string of the molecule is CN(C)c1ccc2c(c1)[Si](C)(c1ccccc1)C1=CC(=[N+](C)C)C=CC1=N2. The quantitative estimate of drug-likeness (QED) is 0.451. The van der Waals surface area contributed by atoms with Gasteiger partial charge in [0.2, 0.25) is 0 Å². The summed E-state index contributed by atoms with van der Waals surface area (Å²) in [6.45, 7) is 2.47. The molecule has 0 spiro atoms. The minimum atomic E-state index is -2.16. The van der Waals surface area contributed by atoms with Crippen LogP contribution in [0.5, 0.6) is 0 Å². The van der Waals surface area contributed by atoms with Crippen molar-refractivity contribution in [2.75, 3.05) is 33.1 Å². The molecule has 2 aliphatic rings. The second kappa shape index (κ2) is 6.46. The van der Waals surface area contributed by atoms with E-state index in [1.165, 1.54) is 27.0 Å². The van der Waals surface area contributed by atoms with Crippen molar-refractivity contribution in [1.82, 2.24) is 0 Å². The van der Waals surface area contributed by atoms with Crippen molar-refractivity contribution in [3.63, 3.8) is 0 Å². The molecule has 0 bridgehead atoms. The second-order valence-corrected chi connectivity index (χ2v) is 11.7. The van der Waals surface area contributed by atoms with Crippen molar-refractivity contribution >= 4 is 41.2 Å². The normalized spacial score (nSPS) is 20.4. The summed E-state index contributed by atoms with van der Waals surface area (Å²) in [6.07, 6.45) is 6.70. The molecule has 0 N–H and O–H groups in total. The summed E-state index contributed by atoms with van der Waals surface area (Å²) >= 11 is 0. The lowest BCUT2D eigenvalue weighted by atomic mass is 10.1. The molecule has 0 saturated heterocycles. The maximum Gasteiger partial charge on any atom is 0.199 e. The summed E-state index contributed by atoms with van der Waals surface area (Å²) in [4.78, 5) is 7.20. The van der Waals surface area contributed by atoms with E-state index in [2.05, 4.69) is 111 Å². The van der Waals surface area contributed by atoms with E-state index in [0.29, 0.717) is 0 Å². The van der Waals surface area contributed by atoms with Gasteiger partial charge in [-0.05, 0) is 39.8 Å². The molecule has 1 aliphatic carbocycles. The average molecular weight is 373 g/mol. The van der Waals surface area contributed by atoms with E-state index in [-0.39, 0.29) is 0 Å². The number of rotatable bonds is 2. The van der Waals surface area contributed by atoms with Crippen LogP contribution in [0.25, 0.3) is 0 Å². The van der Waals surface area contributed by atoms with Crippen molar-refractivity contribution in [2.24, 2.45) is 4.99 Å². The zero-order valence-electron chi connectivity index (χ0n) is 16.7. The summed E-state index contributed by atoms with van der Waals surface area (Å²) in [5.74, 6) is 0. The van der Waals surface area contributed by atoms with Gasteiger partial charge in [-0.15, -0.1) is 0 Å². The number of nitrogens with zero attached hydrogens (tertiary/aromatic N) is 3. The van der Waals surface area contributed by atoms with Gasteiger partial charge in [0.15, 0.2) is 13.8 Å². The highest BCUT2D eigenvalue weighted by Gasteiger charge is 2.43. The second-order valence-electron chi connectivity index (χ2n) is 7.79. The lowest BCUT2D eigenvalue weighted by Gasteiger charge is -2.37. The van der Waals surface area contributed by atoms with Crippen molar-refractivity contribution < 1.29 is 4.58 Å². The fourth-order valence-electron chi connectivity index (χ4n) is 3.96. The fraction of sp³-hybridized carbons (Fsp3) is 0.217. The van der Waals surface area contributed by atoms with Gasteiger partial charge in [-0.25, -0.2) is 9.57 Å². The van der Waals surface area contributed by atoms with E-state index in [9.17, 15) is 0 Å². The van der Waals surface area contributed by atoms with Crippen LogP contribution in [0.4, 0.5) is 11.4 Å². The Morgan fingerprint density at radius 3 is 2.37 bits per heavy atom. The Labute approximate surface area is 162 Å². The number of aliphatic imine (C=N–C) groups is 1. The van der Waals surface area contributed by atoms with Gasteiger partial charge in [0.1, 0.15) is 14.1 Å². The number of anilines is 1. The van der Waals surface area contributed by atoms with Crippen LogP contribution < -0.4 is 15.3 Å². The molecular weight excluding hydrogens is 346 g/mol. The molecule has 0 amide bonds. The minimum Gasteiger partial charge on any atom is -0.378 e. The average Bonchev–Trinajstić information content (AvgIpc) is 2.68. The summed E-state index contributed by atoms with van der Waals surface area (Å²) in [5, 5.41) is 4.21. The van der Waals surface area contributed by atoms with Crippen molar-refractivity contribution in [3.8, 4) is 0 Å². The number of hydrogen-bond acceptors (Lipinski definition) is 2. The van der Waals surface area contributed by atoms with Gasteiger partial charge in [-0.1, -0.05) is 36.9 Å². The topological polar surface area (TPSA) is 18.6 Å². The Morgan fingerprint density at radius 2 is 1.70 bits per heavy atom. The standard InChI is InChI=1S/C23H26N3Si/c1-25(2)17-11-13-20-22(15-17)27(5,19-9-7-6-8-10-19)23-16-18(26(3)4)12-14-21(23)24-20/h6-16H,1-5H3/q+1. The van der Waals surface area contributed by atoms with Crippen LogP contribution in [0.3, 0.4) is 0 Å². The molecule has 4 heteroatoms. The molecule has 1 atom stereocenters. The van der Waals surface area contributed by atoms with Crippen molar-refractivity contribution in [3.05, 3.63) is 72.0 Å². The van der Waals surface area contributed by atoms with Gasteiger partial charge in [0, 0.05) is 31.9 Å². The third-order valence-corrected chi connectivity index (χ3v) is 10.1. The molecule has 0 radical (unpaired) electrons. The van der Waals surface area contributed by atoms with Crippen LogP contribution in [0.1, 0.15) is 0 Å². The van der Waals surface area contributed by atoms with E-state index in [1.54, 1.807) is 0 Å². The lowest BCUT2D eigenvalue weighted by Crippen LogP contribution is -2.61. The van der Waals surface area contributed by atoms with Crippen LogP contribution >= 0.6 is 0 Å². The van der Waals surface area contributed by atoms with Gasteiger partial charge in [-0.3, -0.25) is 0 Å². The third kappa shape index (κ3) is 2.81. The van der Waals surface area contributed by atoms with E-state index in [4.69, 9.17) is 4.99 Å². The molecule has 2 aromatic rings. The van der Waals surface area contributed by atoms with Crippen LogP contribution in [0.15, 0.2) is 76.9 Å². The molecule has 0 saturated carbocycles. The van der Waals surface area contributed by atoms with E-state index in [1.807, 2.05) is 0 Å². The first-order valence-electron chi connectivity index (χ1n) is 9.32. The van der Waals surface area contributed by atoms with Gasteiger partial charge in [0.25, 0.3) is 0 Å². The van der Waals surface area contributed by atoms with Crippen molar-refractivity contribution in [1.29, 1.82) is 0 Å². The highest BCUT2D eigenvalue weighted by atomic mass is 28.3. The molecule has 27 heavy (non-hydrogen) atoms. The van der Waals surface area contributed by atoms with Crippen LogP contribution in [0.2, 0.25) is 6.55 Å². The lowest BCUT2D eigenvalue weighted by molar-refractivity contribution is -0.462. The highest BCUT2D eigenvalue weighted by Crippen LogP contribution is 2.32. The summed E-state index contributed by atoms with van der Waals surface area (Å²) in [6, 6.07) is 17.7. The Kier molecular flexibility index (Phi) is 4.23. The Hall–Kier alpha value is -2.72. The maximum absolute atomic E-state index is 5.03. The molecule has 1 aliphatic heterocycles. The number of hydrogen-bond donors (Lipinski definition) is 0. The molecule has 136 valence electrons. The predicted octanol–water partition coefficient (Wildman–Crippen LogP) is 2.78. The summed E-state index contributed by atoms with van der Waals surface area (Å²) in [7, 11) is 6.24. The van der Waals surface area contributed by atoms with E-state index in [0.717, 1.165) is 11.4 Å². The van der Waals surface area contributed by atoms with Gasteiger partial charge in [0.05, 0.1) is 11.4 Å². The van der Waals surface area contributed by atoms with Gasteiger partial charge >= 0.3 is 0 Å². The Balaban J connectivity index is 2.05. The Morgan fingerprint density at radius 1 is 0.963 bits per heavy atom. The molecular formula is C23H26N3Si+. The molecule has 0 fully saturated rings. The molecule has 3 nitrogen and oxygen atoms in total. The zero-order chi connectivity index (χ0) is 19.2. The van der Waals surface area contributed by atoms with E-state index >= 15 is 0 Å².